The van der Waals surface area contributed by atoms with Gasteiger partial charge in [0.25, 0.3) is 23.6 Å². The first-order valence-corrected chi connectivity index (χ1v) is 21.2. The lowest BCUT2D eigenvalue weighted by Crippen LogP contribution is -2.61. The molecule has 0 spiro atoms. The van der Waals surface area contributed by atoms with E-state index < -0.39 is 226 Å². The Morgan fingerprint density at radius 1 is 0.338 bits per heavy atom. The topological polar surface area (TPSA) is 150 Å². The van der Waals surface area contributed by atoms with E-state index in [4.69, 9.17) is 0 Å². The maximum Gasteiger partial charge on any atom is 0.403 e. The maximum absolute atomic E-state index is 15.6. The molecule has 8 aliphatic rings. The number of halogens is 12. The van der Waals surface area contributed by atoms with Crippen molar-refractivity contribution in [3.05, 3.63) is 24.3 Å². The minimum Gasteiger partial charge on any atom is -0.279 e. The van der Waals surface area contributed by atoms with Crippen LogP contribution in [0.1, 0.15) is 77.0 Å². The van der Waals surface area contributed by atoms with Crippen LogP contribution in [0.3, 0.4) is 0 Å². The molecule has 0 aromatic carbocycles. The van der Waals surface area contributed by atoms with Crippen molar-refractivity contribution >= 4 is 47.3 Å². The maximum atomic E-state index is 15.6. The first kappa shape index (κ1) is 46.7. The average Bonchev–Trinajstić information content (AvgIpc) is 3.88. The minimum absolute atomic E-state index is 0.428. The van der Waals surface area contributed by atoms with E-state index in [1.807, 2.05) is 0 Å². The fourth-order valence-electron chi connectivity index (χ4n) is 12.8. The van der Waals surface area contributed by atoms with E-state index in [0.29, 0.717) is 19.6 Å². The number of hydrogen-bond acceptors (Lipinski definition) is 8. The molecule has 4 aliphatic carbocycles. The third-order valence-corrected chi connectivity index (χ3v) is 15.5. The van der Waals surface area contributed by atoms with Gasteiger partial charge in [0.1, 0.15) is 0 Å². The van der Waals surface area contributed by atoms with Crippen LogP contribution in [-0.2, 0) is 38.4 Å². The third-order valence-electron chi connectivity index (χ3n) is 15.5. The number of nitrogens with zero attached hydrogens (tertiary/aromatic N) is 4. The van der Waals surface area contributed by atoms with Gasteiger partial charge in [-0.1, -0.05) is 0 Å². The molecular weight excluding hydrogens is 904 g/mol. The normalized spacial score (nSPS) is 36.5. The van der Waals surface area contributed by atoms with E-state index in [2.05, 4.69) is 0 Å². The van der Waals surface area contributed by atoms with E-state index >= 15 is 26.3 Å². The highest BCUT2D eigenvalue weighted by atomic mass is 19.4. The summed E-state index contributed by atoms with van der Waals surface area (Å²) >= 11 is 0. The quantitative estimate of drug-likeness (QED) is 0.235. The summed E-state index contributed by atoms with van der Waals surface area (Å²) in [5.74, 6) is -24.9. The lowest BCUT2D eigenvalue weighted by Gasteiger charge is -2.52. The number of alkyl halides is 12. The molecule has 24 heteroatoms. The van der Waals surface area contributed by atoms with Gasteiger partial charge in [0.2, 0.25) is 23.6 Å². The van der Waals surface area contributed by atoms with E-state index in [9.17, 15) is 64.7 Å². The summed E-state index contributed by atoms with van der Waals surface area (Å²) in [5.41, 5.74) is -4.68. The molecule has 0 N–H and O–H groups in total. The van der Waals surface area contributed by atoms with Crippen molar-refractivity contribution in [2.45, 2.75) is 126 Å². The van der Waals surface area contributed by atoms with Crippen LogP contribution in [-0.4, -0.2) is 116 Å². The Kier molecular flexibility index (Phi) is 11.2. The molecule has 65 heavy (non-hydrogen) atoms. The van der Waals surface area contributed by atoms with Gasteiger partial charge in [-0.05, 0) is 88.9 Å². The summed E-state index contributed by atoms with van der Waals surface area (Å²) in [5, 5.41) is 0. The van der Waals surface area contributed by atoms with Gasteiger partial charge in [-0.3, -0.25) is 58.0 Å². The SMILES string of the molecule is O=C1C=CC(=O)N1C1CC(N2C(=O)C3CCC(C(C4CCC5C(=O)N(C6CC(N7C(=O)C=CC7=O)CC(C(F)(F)F)C6)C(=O)C5C4)(C(F)(F)F)C(F)(F)F)CC3C2=O)CC(C(F)(F)F)C1. The Labute approximate surface area is 360 Å². The predicted octanol–water partition coefficient (Wildman–Crippen LogP) is 5.95. The number of carbonyl (C=O) groups is 8. The molecule has 12 atom stereocenters. The van der Waals surface area contributed by atoms with Crippen LogP contribution in [0.5, 0.6) is 0 Å². The van der Waals surface area contributed by atoms with Crippen molar-refractivity contribution in [2.75, 3.05) is 0 Å². The second kappa shape index (κ2) is 15.6. The Morgan fingerprint density at radius 2 is 0.615 bits per heavy atom. The standard InChI is InChI=1S/C41H40F12N4O8/c42-38(43,44)19-9-21(54-29(58)5-6-30(54)59)15-23(11-19)56-33(62)25-3-1-17(13-27(25)35(56)64)37(40(48,49)50,41(51,52)53)18-2-4-26-28(14-18)36(65)57(34(26)63)24-12-20(39(45,46)47)10-22(16-24)55-31(60)7-8-32(55)61/h5-8,17-28H,1-4,9-16H2. The van der Waals surface area contributed by atoms with Crippen molar-refractivity contribution in [1.29, 1.82) is 0 Å². The molecule has 8 rings (SSSR count). The highest BCUT2D eigenvalue weighted by molar-refractivity contribution is 6.14. The van der Waals surface area contributed by atoms with Crippen molar-refractivity contribution in [2.24, 2.45) is 52.8 Å². The zero-order valence-corrected chi connectivity index (χ0v) is 33.8. The van der Waals surface area contributed by atoms with Crippen LogP contribution in [0.15, 0.2) is 24.3 Å². The second-order valence-corrected chi connectivity index (χ2v) is 18.7. The summed E-state index contributed by atoms with van der Waals surface area (Å²) in [7, 11) is 0. The number of likely N-dealkylation sites (tertiary alicyclic amines) is 2. The molecule has 4 heterocycles. The van der Waals surface area contributed by atoms with E-state index in [-0.39, 0.29) is 0 Å². The number of imide groups is 4. The molecule has 12 unspecified atom stereocenters. The van der Waals surface area contributed by atoms with Crippen molar-refractivity contribution < 1.29 is 91.0 Å². The smallest absolute Gasteiger partial charge is 0.279 e. The van der Waals surface area contributed by atoms with Gasteiger partial charge in [-0.25, -0.2) is 0 Å². The molecule has 0 radical (unpaired) electrons. The Balaban J connectivity index is 1.06. The first-order valence-electron chi connectivity index (χ1n) is 21.2. The van der Waals surface area contributed by atoms with E-state index in [0.717, 1.165) is 24.3 Å². The highest BCUT2D eigenvalue weighted by Gasteiger charge is 2.78. The monoisotopic (exact) mass is 944 g/mol. The third kappa shape index (κ3) is 7.45. The minimum atomic E-state index is -6.16. The van der Waals surface area contributed by atoms with Gasteiger partial charge in [0.05, 0.1) is 35.5 Å². The predicted molar refractivity (Wildman–Crippen MR) is 191 cm³/mol. The number of amides is 8. The van der Waals surface area contributed by atoms with Crippen LogP contribution < -0.4 is 0 Å². The molecule has 6 fully saturated rings. The highest BCUT2D eigenvalue weighted by Crippen LogP contribution is 2.67. The van der Waals surface area contributed by atoms with Crippen molar-refractivity contribution in [3.63, 3.8) is 0 Å². The molecule has 0 aromatic rings. The summed E-state index contributed by atoms with van der Waals surface area (Å²) in [6.45, 7) is 0. The number of rotatable bonds is 6. The molecule has 4 aliphatic heterocycles. The van der Waals surface area contributed by atoms with Gasteiger partial charge < -0.3 is 0 Å². The van der Waals surface area contributed by atoms with Crippen molar-refractivity contribution in [1.82, 2.24) is 19.6 Å². The first-order chi connectivity index (χ1) is 30.1. The molecular formula is C41H40F12N4O8. The summed E-state index contributed by atoms with van der Waals surface area (Å²) in [4.78, 5) is 107. The van der Waals surface area contributed by atoms with Gasteiger partial charge in [0, 0.05) is 48.5 Å². The van der Waals surface area contributed by atoms with Crippen molar-refractivity contribution in [3.8, 4) is 0 Å². The lowest BCUT2D eigenvalue weighted by molar-refractivity contribution is -0.383. The average molecular weight is 945 g/mol. The molecule has 12 nitrogen and oxygen atoms in total. The Morgan fingerprint density at radius 3 is 0.892 bits per heavy atom. The van der Waals surface area contributed by atoms with Crippen LogP contribution >= 0.6 is 0 Å². The summed E-state index contributed by atoms with van der Waals surface area (Å²) < 4.78 is 179. The van der Waals surface area contributed by atoms with Crippen LogP contribution in [0, 0.1) is 52.8 Å². The van der Waals surface area contributed by atoms with Gasteiger partial charge >= 0.3 is 24.7 Å². The van der Waals surface area contributed by atoms with E-state index in [1.54, 1.807) is 0 Å². The van der Waals surface area contributed by atoms with Crippen LogP contribution in [0.2, 0.25) is 0 Å². The second-order valence-electron chi connectivity index (χ2n) is 18.7. The Hall–Kier alpha value is -4.80. The van der Waals surface area contributed by atoms with Gasteiger partial charge in [-0.15, -0.1) is 0 Å². The largest absolute Gasteiger partial charge is 0.403 e. The molecule has 4 saturated carbocycles. The zero-order chi connectivity index (χ0) is 47.7. The van der Waals surface area contributed by atoms with Gasteiger partial charge in [0.15, 0.2) is 5.41 Å². The number of hydrogen-bond donors (Lipinski definition) is 0. The summed E-state index contributed by atoms with van der Waals surface area (Å²) in [6, 6.07) is -6.20. The molecule has 0 bridgehead atoms. The fraction of sp³-hybridized carbons (Fsp3) is 0.707. The molecule has 2 saturated heterocycles. The number of carbonyl (C=O) groups excluding carboxylic acids is 8. The van der Waals surface area contributed by atoms with Crippen LogP contribution in [0.25, 0.3) is 0 Å². The van der Waals surface area contributed by atoms with Gasteiger partial charge in [-0.2, -0.15) is 52.7 Å². The molecule has 0 aromatic heterocycles. The fourth-order valence-corrected chi connectivity index (χ4v) is 12.8. The van der Waals surface area contributed by atoms with Crippen LogP contribution in [0.4, 0.5) is 52.7 Å². The zero-order valence-electron chi connectivity index (χ0n) is 33.8. The molecule has 356 valence electrons. The molecule has 8 amide bonds. The van der Waals surface area contributed by atoms with E-state index in [1.165, 1.54) is 0 Å². The number of fused-ring (bicyclic) bond motifs is 2. The summed E-state index contributed by atoms with van der Waals surface area (Å²) in [6.07, 6.45) is -29.2. The lowest BCUT2D eigenvalue weighted by atomic mass is 9.54. The Bertz CT molecular complexity index is 1970.